The largest absolute Gasteiger partial charge is 0.456 e. The quantitative estimate of drug-likeness (QED) is 0.275. The molecule has 4 heteroatoms. The van der Waals surface area contributed by atoms with Gasteiger partial charge in [-0.3, -0.25) is 9.97 Å². The van der Waals surface area contributed by atoms with Gasteiger partial charge in [-0.1, -0.05) is 45.0 Å². The van der Waals surface area contributed by atoms with Crippen LogP contribution in [0.5, 0.6) is 0 Å². The zero-order chi connectivity index (χ0) is 21.9. The Morgan fingerprint density at radius 1 is 0.875 bits per heavy atom. The van der Waals surface area contributed by atoms with Crippen molar-refractivity contribution in [2.45, 2.75) is 26.2 Å². The summed E-state index contributed by atoms with van der Waals surface area (Å²) in [7, 11) is 0. The summed E-state index contributed by atoms with van der Waals surface area (Å²) in [6.07, 6.45) is 5.62. The van der Waals surface area contributed by atoms with E-state index in [2.05, 4.69) is 79.7 Å². The molecular weight excluding hydrogens is 412 g/mol. The van der Waals surface area contributed by atoms with Crippen LogP contribution in [0.15, 0.2) is 83.0 Å². The first-order valence-electron chi connectivity index (χ1n) is 10.7. The smallest absolute Gasteiger partial charge is 0.138 e. The van der Waals surface area contributed by atoms with Gasteiger partial charge in [-0.25, -0.2) is 0 Å². The molecule has 0 N–H and O–H groups in total. The molecule has 0 aliphatic heterocycles. The molecule has 3 nitrogen and oxygen atoms in total. The van der Waals surface area contributed by atoms with Gasteiger partial charge >= 0.3 is 0 Å². The van der Waals surface area contributed by atoms with Crippen molar-refractivity contribution < 1.29 is 4.42 Å². The van der Waals surface area contributed by atoms with E-state index < -0.39 is 0 Å². The fourth-order valence-corrected chi connectivity index (χ4v) is 5.35. The topological polar surface area (TPSA) is 38.9 Å². The zero-order valence-corrected chi connectivity index (χ0v) is 19.0. The molecule has 6 rings (SSSR count). The fraction of sp³-hybridized carbons (Fsp3) is 0.143. The van der Waals surface area contributed by atoms with Crippen LogP contribution in [0.4, 0.5) is 0 Å². The molecule has 156 valence electrons. The van der Waals surface area contributed by atoms with Crippen molar-refractivity contribution in [2.24, 2.45) is 0 Å². The van der Waals surface area contributed by atoms with Crippen LogP contribution < -0.4 is 0 Å². The Kier molecular flexibility index (Phi) is 4.21. The molecule has 32 heavy (non-hydrogen) atoms. The number of fused-ring (bicyclic) bond motifs is 3. The molecule has 2 aromatic carbocycles. The Hall–Kier alpha value is -3.50. The third kappa shape index (κ3) is 3.02. The molecule has 0 aliphatic rings. The minimum Gasteiger partial charge on any atom is -0.456 e. The molecule has 0 spiro atoms. The molecule has 4 aromatic heterocycles. The van der Waals surface area contributed by atoms with Crippen molar-refractivity contribution in [3.63, 3.8) is 0 Å². The molecular formula is C28H22N2OS. The minimum absolute atomic E-state index is 0.0194. The van der Waals surface area contributed by atoms with Gasteiger partial charge in [0.05, 0.1) is 11.3 Å². The van der Waals surface area contributed by atoms with Crippen molar-refractivity contribution in [1.29, 1.82) is 0 Å². The van der Waals surface area contributed by atoms with E-state index in [0.29, 0.717) is 0 Å². The van der Waals surface area contributed by atoms with Gasteiger partial charge < -0.3 is 4.42 Å². The van der Waals surface area contributed by atoms with Crippen LogP contribution >= 0.6 is 11.3 Å². The number of thiophene rings is 1. The molecule has 0 saturated heterocycles. The number of benzene rings is 2. The number of hydrogen-bond acceptors (Lipinski definition) is 4. The summed E-state index contributed by atoms with van der Waals surface area (Å²) >= 11 is 1.71. The number of aromatic nitrogens is 2. The lowest BCUT2D eigenvalue weighted by atomic mass is 9.82. The van der Waals surface area contributed by atoms with E-state index in [1.54, 1.807) is 11.3 Å². The molecule has 0 unspecified atom stereocenters. The van der Waals surface area contributed by atoms with Gasteiger partial charge in [0, 0.05) is 39.6 Å². The average Bonchev–Trinajstić information content (AvgIpc) is 3.44. The summed E-state index contributed by atoms with van der Waals surface area (Å²) in [6.45, 7) is 6.78. The van der Waals surface area contributed by atoms with E-state index in [0.717, 1.165) is 38.9 Å². The highest BCUT2D eigenvalue weighted by molar-refractivity contribution is 7.17. The number of rotatable bonds is 2. The monoisotopic (exact) mass is 434 g/mol. The van der Waals surface area contributed by atoms with E-state index in [9.17, 15) is 0 Å². The van der Waals surface area contributed by atoms with Gasteiger partial charge in [-0.05, 0) is 57.5 Å². The Morgan fingerprint density at radius 2 is 1.75 bits per heavy atom. The van der Waals surface area contributed by atoms with E-state index in [4.69, 9.17) is 9.40 Å². The highest BCUT2D eigenvalue weighted by atomic mass is 32.1. The summed E-state index contributed by atoms with van der Waals surface area (Å²) in [6, 6.07) is 19.3. The second-order valence-electron chi connectivity index (χ2n) is 9.20. The van der Waals surface area contributed by atoms with Crippen molar-refractivity contribution >= 4 is 43.2 Å². The fourth-order valence-electron chi connectivity index (χ4n) is 4.46. The summed E-state index contributed by atoms with van der Waals surface area (Å²) < 4.78 is 7.49. The van der Waals surface area contributed by atoms with Crippen LogP contribution in [-0.2, 0) is 5.41 Å². The van der Waals surface area contributed by atoms with Gasteiger partial charge in [-0.15, -0.1) is 11.3 Å². The molecule has 0 bridgehead atoms. The minimum atomic E-state index is 0.0194. The Bertz CT molecular complexity index is 1620. The lowest BCUT2D eigenvalue weighted by molar-refractivity contribution is 0.596. The van der Waals surface area contributed by atoms with Gasteiger partial charge in [0.2, 0.25) is 0 Å². The maximum Gasteiger partial charge on any atom is 0.138 e. The third-order valence-corrected chi connectivity index (χ3v) is 6.98. The number of pyridine rings is 2. The summed E-state index contributed by atoms with van der Waals surface area (Å²) in [5.41, 5.74) is 5.25. The van der Waals surface area contributed by atoms with Crippen LogP contribution in [0.2, 0.25) is 0 Å². The Balaban J connectivity index is 1.60. The lowest BCUT2D eigenvalue weighted by Crippen LogP contribution is -2.12. The second-order valence-corrected chi connectivity index (χ2v) is 10.1. The van der Waals surface area contributed by atoms with Crippen LogP contribution in [0.3, 0.4) is 0 Å². The Labute approximate surface area is 190 Å². The van der Waals surface area contributed by atoms with Crippen molar-refractivity contribution in [3.8, 4) is 22.6 Å². The Morgan fingerprint density at radius 3 is 2.62 bits per heavy atom. The summed E-state index contributed by atoms with van der Waals surface area (Å²) in [4.78, 5) is 9.21. The van der Waals surface area contributed by atoms with Crippen LogP contribution in [0.1, 0.15) is 26.3 Å². The number of nitrogens with zero attached hydrogens (tertiary/aromatic N) is 2. The van der Waals surface area contributed by atoms with Gasteiger partial charge in [0.15, 0.2) is 0 Å². The maximum absolute atomic E-state index is 6.31. The van der Waals surface area contributed by atoms with E-state index in [1.165, 1.54) is 21.0 Å². The first kappa shape index (κ1) is 19.2. The number of furan rings is 1. The zero-order valence-electron chi connectivity index (χ0n) is 18.2. The van der Waals surface area contributed by atoms with Crippen molar-refractivity contribution in [2.75, 3.05) is 0 Å². The summed E-state index contributed by atoms with van der Waals surface area (Å²) in [5, 5.41) is 6.76. The average molecular weight is 435 g/mol. The normalized spacial score (nSPS) is 12.2. The highest BCUT2D eigenvalue weighted by Crippen LogP contribution is 2.39. The standard InChI is InChI=1S/C28H22N2OS/c1-28(2,3)23-13-19(12-17-6-4-5-7-20(17)23)26-21-14-25(31-24(21)8-10-30-26)22-16-29-15-18-9-11-32-27(18)22/h4-16H,1-3H3. The predicted molar refractivity (Wildman–Crippen MR) is 134 cm³/mol. The lowest BCUT2D eigenvalue weighted by Gasteiger charge is -2.22. The van der Waals surface area contributed by atoms with Crippen molar-refractivity contribution in [1.82, 2.24) is 9.97 Å². The van der Waals surface area contributed by atoms with Gasteiger partial charge in [-0.2, -0.15) is 0 Å². The molecule has 0 fully saturated rings. The van der Waals surface area contributed by atoms with Crippen molar-refractivity contribution in [3.05, 3.63) is 84.1 Å². The molecule has 0 amide bonds. The number of hydrogen-bond donors (Lipinski definition) is 0. The first-order valence-corrected chi connectivity index (χ1v) is 11.6. The van der Waals surface area contributed by atoms with Crippen LogP contribution in [-0.4, -0.2) is 9.97 Å². The van der Waals surface area contributed by atoms with E-state index in [-0.39, 0.29) is 5.41 Å². The third-order valence-electron chi connectivity index (χ3n) is 6.01. The first-order chi connectivity index (χ1) is 15.5. The molecule has 0 aliphatic carbocycles. The van der Waals surface area contributed by atoms with Gasteiger partial charge in [0.1, 0.15) is 11.3 Å². The summed E-state index contributed by atoms with van der Waals surface area (Å²) in [5.74, 6) is 0.826. The van der Waals surface area contributed by atoms with E-state index in [1.807, 2.05) is 24.7 Å². The van der Waals surface area contributed by atoms with Crippen LogP contribution in [0.25, 0.3) is 54.4 Å². The SMILES string of the molecule is CC(C)(C)c1cc(-c2nccc3oc(-c4cncc5ccsc45)cc23)cc2ccccc12. The van der Waals surface area contributed by atoms with Gasteiger partial charge in [0.25, 0.3) is 0 Å². The maximum atomic E-state index is 6.31. The predicted octanol–water partition coefficient (Wildman–Crippen LogP) is 8.22. The molecule has 0 saturated carbocycles. The molecule has 4 heterocycles. The molecule has 6 aromatic rings. The highest BCUT2D eigenvalue weighted by Gasteiger charge is 2.20. The van der Waals surface area contributed by atoms with Crippen LogP contribution in [0, 0.1) is 0 Å². The van der Waals surface area contributed by atoms with E-state index >= 15 is 0 Å². The second kappa shape index (κ2) is 7.01. The molecule has 0 radical (unpaired) electrons. The molecule has 0 atom stereocenters.